The van der Waals surface area contributed by atoms with E-state index in [1.807, 2.05) is 57.2 Å². The van der Waals surface area contributed by atoms with Gasteiger partial charge in [0.1, 0.15) is 24.1 Å². The van der Waals surface area contributed by atoms with Gasteiger partial charge in [0, 0.05) is 23.5 Å². The number of anilines is 1. The lowest BCUT2D eigenvalue weighted by Crippen LogP contribution is -2.56. The molecule has 9 nitrogen and oxygen atoms in total. The Morgan fingerprint density at radius 1 is 0.929 bits per heavy atom. The number of methoxy groups -OCH3 is 2. The lowest BCUT2D eigenvalue weighted by molar-refractivity contribution is -0.140. The molecule has 0 spiro atoms. The third-order valence-corrected chi connectivity index (χ3v) is 7.71. The number of amides is 2. The lowest BCUT2D eigenvalue weighted by atomic mass is 10.0. The van der Waals surface area contributed by atoms with Crippen molar-refractivity contribution in [3.8, 4) is 11.5 Å². The molecule has 226 valence electrons. The highest BCUT2D eigenvalue weighted by Gasteiger charge is 2.35. The second-order valence-electron chi connectivity index (χ2n) is 10.9. The summed E-state index contributed by atoms with van der Waals surface area (Å²) < 4.78 is 37.8. The Morgan fingerprint density at radius 3 is 2.19 bits per heavy atom. The minimum atomic E-state index is -3.99. The van der Waals surface area contributed by atoms with Gasteiger partial charge >= 0.3 is 0 Å². The van der Waals surface area contributed by atoms with Crippen LogP contribution in [0.25, 0.3) is 0 Å². The molecule has 0 aliphatic rings. The number of hydrogen-bond acceptors (Lipinski definition) is 6. The van der Waals surface area contributed by atoms with E-state index >= 15 is 0 Å². The van der Waals surface area contributed by atoms with E-state index in [9.17, 15) is 18.0 Å². The van der Waals surface area contributed by atoms with Crippen LogP contribution in [-0.4, -0.2) is 63.7 Å². The first-order valence-corrected chi connectivity index (χ1v) is 15.5. The number of carbonyl (C=O) groups excluding carboxylic acids is 2. The normalized spacial score (nSPS) is 12.3. The summed E-state index contributed by atoms with van der Waals surface area (Å²) in [6.07, 6.45) is 1.21. The Morgan fingerprint density at radius 2 is 1.60 bits per heavy atom. The molecule has 0 aliphatic carbocycles. The molecule has 0 saturated carbocycles. The quantitative estimate of drug-likeness (QED) is 0.317. The molecule has 0 heterocycles. The number of sulfonamides is 1. The van der Waals surface area contributed by atoms with Crippen molar-refractivity contribution >= 4 is 39.1 Å². The van der Waals surface area contributed by atoms with Gasteiger partial charge < -0.3 is 19.7 Å². The van der Waals surface area contributed by atoms with Crippen LogP contribution in [0.3, 0.4) is 0 Å². The number of rotatable bonds is 12. The Hall–Kier alpha value is -3.76. The molecule has 1 unspecified atom stereocenters. The van der Waals surface area contributed by atoms with Crippen LogP contribution >= 0.6 is 11.6 Å². The number of halogens is 1. The molecule has 42 heavy (non-hydrogen) atoms. The van der Waals surface area contributed by atoms with Crippen LogP contribution < -0.4 is 19.1 Å². The van der Waals surface area contributed by atoms with Gasteiger partial charge in [-0.3, -0.25) is 13.9 Å². The zero-order chi connectivity index (χ0) is 31.1. The molecule has 3 aromatic carbocycles. The van der Waals surface area contributed by atoms with Gasteiger partial charge in [-0.15, -0.1) is 0 Å². The van der Waals surface area contributed by atoms with E-state index in [2.05, 4.69) is 5.32 Å². The average Bonchev–Trinajstić information content (AvgIpc) is 2.92. The summed E-state index contributed by atoms with van der Waals surface area (Å²) in [5.74, 6) is -0.146. The number of carbonyl (C=O) groups is 2. The summed E-state index contributed by atoms with van der Waals surface area (Å²) in [7, 11) is -1.05. The molecule has 1 N–H and O–H groups in total. The maximum absolute atomic E-state index is 14.3. The first-order chi connectivity index (χ1) is 19.7. The van der Waals surface area contributed by atoms with Crippen LogP contribution in [-0.2, 0) is 32.6 Å². The molecule has 0 radical (unpaired) electrons. The van der Waals surface area contributed by atoms with Gasteiger partial charge in [0.25, 0.3) is 0 Å². The van der Waals surface area contributed by atoms with Gasteiger partial charge in [0.05, 0.1) is 26.2 Å². The molecule has 0 fully saturated rings. The van der Waals surface area contributed by atoms with E-state index < -0.39 is 34.1 Å². The highest BCUT2D eigenvalue weighted by molar-refractivity contribution is 7.92. The minimum absolute atomic E-state index is 0.0232. The summed E-state index contributed by atoms with van der Waals surface area (Å²) >= 11 is 6.21. The molecule has 0 saturated heterocycles. The van der Waals surface area contributed by atoms with Gasteiger partial charge in [0.2, 0.25) is 21.8 Å². The van der Waals surface area contributed by atoms with Crippen molar-refractivity contribution in [2.24, 2.45) is 0 Å². The fourth-order valence-electron chi connectivity index (χ4n) is 4.43. The minimum Gasteiger partial charge on any atom is -0.497 e. The van der Waals surface area contributed by atoms with Crippen molar-refractivity contribution in [3.63, 3.8) is 0 Å². The van der Waals surface area contributed by atoms with Crippen LogP contribution in [0.4, 0.5) is 5.69 Å². The topological polar surface area (TPSA) is 105 Å². The van der Waals surface area contributed by atoms with E-state index in [-0.39, 0.29) is 35.3 Å². The van der Waals surface area contributed by atoms with E-state index in [4.69, 9.17) is 21.1 Å². The first-order valence-electron chi connectivity index (χ1n) is 13.3. The molecule has 0 aromatic heterocycles. The Labute approximate surface area is 253 Å². The van der Waals surface area contributed by atoms with Crippen LogP contribution in [0.15, 0.2) is 72.8 Å². The van der Waals surface area contributed by atoms with Gasteiger partial charge in [0.15, 0.2) is 0 Å². The predicted molar refractivity (Wildman–Crippen MR) is 166 cm³/mol. The molecule has 11 heteroatoms. The van der Waals surface area contributed by atoms with Crippen molar-refractivity contribution in [2.75, 3.05) is 31.3 Å². The van der Waals surface area contributed by atoms with E-state index in [0.717, 1.165) is 16.1 Å². The van der Waals surface area contributed by atoms with Crippen molar-refractivity contribution in [1.29, 1.82) is 0 Å². The first kappa shape index (κ1) is 32.8. The number of hydrogen-bond donors (Lipinski definition) is 1. The molecule has 1 atom stereocenters. The van der Waals surface area contributed by atoms with Crippen molar-refractivity contribution in [1.82, 2.24) is 10.2 Å². The molecule has 3 rings (SSSR count). The average molecular weight is 616 g/mol. The maximum atomic E-state index is 14.3. The molecular formula is C31H38ClN3O6S. The zero-order valence-corrected chi connectivity index (χ0v) is 26.3. The van der Waals surface area contributed by atoms with Gasteiger partial charge in [-0.25, -0.2) is 8.42 Å². The largest absolute Gasteiger partial charge is 0.497 e. The third kappa shape index (κ3) is 9.12. The Bertz CT molecular complexity index is 1490. The standard InChI is InChI=1S/C31H38ClN3O6S/c1-31(2,3)33-30(37)27(18-22-11-8-7-9-12-22)34(20-23-13-10-14-25(17-23)40-4)29(36)21-35(42(6,38)39)26-19-24(32)15-16-28(26)41-5/h7-17,19,27H,18,20-21H2,1-6H3,(H,33,37). The van der Waals surface area contributed by atoms with Crippen LogP contribution in [0.1, 0.15) is 31.9 Å². The Kier molecular flexibility index (Phi) is 10.9. The second kappa shape index (κ2) is 13.9. The maximum Gasteiger partial charge on any atom is 0.244 e. The molecule has 0 bridgehead atoms. The highest BCUT2D eigenvalue weighted by atomic mass is 35.5. The fourth-order valence-corrected chi connectivity index (χ4v) is 5.44. The van der Waals surface area contributed by atoms with Crippen molar-refractivity contribution in [2.45, 2.75) is 45.3 Å². The Balaban J connectivity index is 2.13. The van der Waals surface area contributed by atoms with Crippen molar-refractivity contribution < 1.29 is 27.5 Å². The molecule has 2 amide bonds. The van der Waals surface area contributed by atoms with Crippen LogP contribution in [0.5, 0.6) is 11.5 Å². The van der Waals surface area contributed by atoms with E-state index in [1.165, 1.54) is 24.1 Å². The summed E-state index contributed by atoms with van der Waals surface area (Å²) in [5, 5.41) is 3.27. The van der Waals surface area contributed by atoms with E-state index in [1.54, 1.807) is 31.4 Å². The zero-order valence-electron chi connectivity index (χ0n) is 24.8. The smallest absolute Gasteiger partial charge is 0.244 e. The summed E-state index contributed by atoms with van der Waals surface area (Å²) in [4.78, 5) is 29.5. The number of benzene rings is 3. The van der Waals surface area contributed by atoms with Gasteiger partial charge in [-0.1, -0.05) is 54.1 Å². The number of nitrogens with zero attached hydrogens (tertiary/aromatic N) is 2. The summed E-state index contributed by atoms with van der Waals surface area (Å²) in [5.41, 5.74) is 1.08. The van der Waals surface area contributed by atoms with Crippen LogP contribution in [0, 0.1) is 0 Å². The van der Waals surface area contributed by atoms with E-state index in [0.29, 0.717) is 11.3 Å². The van der Waals surface area contributed by atoms with Crippen molar-refractivity contribution in [3.05, 3.63) is 88.9 Å². The summed E-state index contributed by atoms with van der Waals surface area (Å²) in [6.45, 7) is 5.00. The number of ether oxygens (including phenoxy) is 2. The fraction of sp³-hybridized carbons (Fsp3) is 0.355. The summed E-state index contributed by atoms with van der Waals surface area (Å²) in [6, 6.07) is 20.1. The monoisotopic (exact) mass is 615 g/mol. The van der Waals surface area contributed by atoms with Crippen LogP contribution in [0.2, 0.25) is 5.02 Å². The van der Waals surface area contributed by atoms with Gasteiger partial charge in [-0.05, 0) is 62.2 Å². The van der Waals surface area contributed by atoms with Gasteiger partial charge in [-0.2, -0.15) is 0 Å². The highest BCUT2D eigenvalue weighted by Crippen LogP contribution is 2.33. The molecule has 3 aromatic rings. The third-order valence-electron chi connectivity index (χ3n) is 6.35. The predicted octanol–water partition coefficient (Wildman–Crippen LogP) is 4.68. The second-order valence-corrected chi connectivity index (χ2v) is 13.2. The molecule has 0 aliphatic heterocycles. The molecular weight excluding hydrogens is 578 g/mol. The number of nitrogens with one attached hydrogen (secondary N) is 1. The SMILES string of the molecule is COc1cccc(CN(C(=O)CN(c2cc(Cl)ccc2OC)S(C)(=O)=O)C(Cc2ccccc2)C(=O)NC(C)(C)C)c1. The lowest BCUT2D eigenvalue weighted by Gasteiger charge is -2.35.